The Kier molecular flexibility index (Phi) is 6.44. The highest BCUT2D eigenvalue weighted by Gasteiger charge is 2.32. The normalized spacial score (nSPS) is 20.7. The molecule has 6 nitrogen and oxygen atoms in total. The molecule has 1 N–H and O–H groups in total. The lowest BCUT2D eigenvalue weighted by Crippen LogP contribution is -2.48. The van der Waals surface area contributed by atoms with Crippen LogP contribution in [0.5, 0.6) is 0 Å². The molecule has 2 atom stereocenters. The van der Waals surface area contributed by atoms with Crippen molar-refractivity contribution in [1.29, 1.82) is 0 Å². The molecule has 1 saturated heterocycles. The number of carbonyl (C=O) groups excluding carboxylic acids is 1. The average Bonchev–Trinajstić information content (AvgIpc) is 2.67. The summed E-state index contributed by atoms with van der Waals surface area (Å²) in [6.45, 7) is 4.30. The molecule has 0 aromatic heterocycles. The van der Waals surface area contributed by atoms with Crippen LogP contribution in [-0.2, 0) is 14.8 Å². The summed E-state index contributed by atoms with van der Waals surface area (Å²) in [6, 6.07) is 13.6. The van der Waals surface area contributed by atoms with Crippen molar-refractivity contribution in [2.24, 2.45) is 0 Å². The maximum Gasteiger partial charge on any atom is 0.255 e. The van der Waals surface area contributed by atoms with Gasteiger partial charge in [-0.05, 0) is 56.5 Å². The molecular formula is C20H24N2O4S2. The number of benzene rings is 2. The molecule has 0 radical (unpaired) electrons. The zero-order chi connectivity index (χ0) is 20.3. The topological polar surface area (TPSA) is 75.7 Å². The number of sulfonamides is 1. The summed E-state index contributed by atoms with van der Waals surface area (Å²) in [5.41, 5.74) is 0.964. The highest BCUT2D eigenvalue weighted by molar-refractivity contribution is 7.98. The van der Waals surface area contributed by atoms with Crippen LogP contribution in [0.4, 0.5) is 5.69 Å². The van der Waals surface area contributed by atoms with Crippen molar-refractivity contribution in [3.05, 3.63) is 54.1 Å². The van der Waals surface area contributed by atoms with Gasteiger partial charge in [0.1, 0.15) is 0 Å². The van der Waals surface area contributed by atoms with Crippen molar-refractivity contribution in [1.82, 2.24) is 4.31 Å². The van der Waals surface area contributed by atoms with Crippen molar-refractivity contribution in [3.8, 4) is 0 Å². The number of hydrogen-bond donors (Lipinski definition) is 1. The number of ether oxygens (including phenoxy) is 1. The van der Waals surface area contributed by atoms with E-state index in [2.05, 4.69) is 5.32 Å². The summed E-state index contributed by atoms with van der Waals surface area (Å²) in [5.74, 6) is -0.348. The van der Waals surface area contributed by atoms with Gasteiger partial charge in [0.2, 0.25) is 10.0 Å². The van der Waals surface area contributed by atoms with E-state index in [1.165, 1.54) is 16.4 Å². The zero-order valence-electron chi connectivity index (χ0n) is 16.1. The SMILES string of the molecule is CSc1cccc(NC(=O)c2cccc(S(=O)(=O)N3C[C@@H](C)O[C@H](C)C3)c2)c1. The minimum absolute atomic E-state index is 0.110. The van der Waals surface area contributed by atoms with Crippen LogP contribution >= 0.6 is 11.8 Å². The lowest BCUT2D eigenvalue weighted by molar-refractivity contribution is -0.0440. The molecule has 0 aliphatic carbocycles. The van der Waals surface area contributed by atoms with Crippen molar-refractivity contribution >= 4 is 33.4 Å². The summed E-state index contributed by atoms with van der Waals surface area (Å²) in [6.07, 6.45) is 1.62. The Bertz CT molecular complexity index is 952. The molecule has 1 aliphatic rings. The maximum absolute atomic E-state index is 13.0. The molecule has 28 heavy (non-hydrogen) atoms. The Labute approximate surface area is 170 Å². The number of hydrogen-bond acceptors (Lipinski definition) is 5. The summed E-state index contributed by atoms with van der Waals surface area (Å²) in [5, 5.41) is 2.82. The van der Waals surface area contributed by atoms with Crippen LogP contribution in [0.15, 0.2) is 58.3 Å². The fourth-order valence-corrected chi connectivity index (χ4v) is 5.27. The van der Waals surface area contributed by atoms with Gasteiger partial charge < -0.3 is 10.1 Å². The first-order chi connectivity index (χ1) is 13.3. The number of thioether (sulfide) groups is 1. The highest BCUT2D eigenvalue weighted by Crippen LogP contribution is 2.23. The van der Waals surface area contributed by atoms with E-state index in [1.54, 1.807) is 30.0 Å². The Balaban J connectivity index is 1.82. The average molecular weight is 421 g/mol. The quantitative estimate of drug-likeness (QED) is 0.750. The van der Waals surface area contributed by atoms with Gasteiger partial charge in [-0.2, -0.15) is 4.31 Å². The number of carbonyl (C=O) groups is 1. The second kappa shape index (κ2) is 8.65. The van der Waals surface area contributed by atoms with Crippen molar-refractivity contribution in [3.63, 3.8) is 0 Å². The number of nitrogens with one attached hydrogen (secondary N) is 1. The molecule has 1 heterocycles. The molecule has 0 saturated carbocycles. The molecule has 1 aliphatic heterocycles. The molecule has 0 bridgehead atoms. The van der Waals surface area contributed by atoms with Crippen LogP contribution in [0, 0.1) is 0 Å². The van der Waals surface area contributed by atoms with Crippen molar-refractivity contribution in [2.45, 2.75) is 35.8 Å². The van der Waals surface area contributed by atoms with Gasteiger partial charge >= 0.3 is 0 Å². The van der Waals surface area contributed by atoms with Crippen LogP contribution in [0.25, 0.3) is 0 Å². The molecule has 1 fully saturated rings. The fraction of sp³-hybridized carbons (Fsp3) is 0.350. The molecule has 0 unspecified atom stereocenters. The van der Waals surface area contributed by atoms with E-state index in [-0.39, 0.29) is 23.0 Å². The summed E-state index contributed by atoms with van der Waals surface area (Å²) < 4.78 is 33.1. The van der Waals surface area contributed by atoms with Crippen molar-refractivity contribution in [2.75, 3.05) is 24.7 Å². The Morgan fingerprint density at radius 2 is 1.79 bits per heavy atom. The smallest absolute Gasteiger partial charge is 0.255 e. The van der Waals surface area contributed by atoms with Crippen molar-refractivity contribution < 1.29 is 17.9 Å². The van der Waals surface area contributed by atoms with Gasteiger partial charge in [-0.25, -0.2) is 8.42 Å². The molecule has 3 rings (SSSR count). The number of amides is 1. The van der Waals surface area contributed by atoms with E-state index in [9.17, 15) is 13.2 Å². The highest BCUT2D eigenvalue weighted by atomic mass is 32.2. The van der Waals surface area contributed by atoms with Gasteiger partial charge in [-0.1, -0.05) is 12.1 Å². The predicted octanol–water partition coefficient (Wildman–Crippen LogP) is 3.46. The first kappa shape index (κ1) is 20.9. The van der Waals surface area contributed by atoms with Crippen LogP contribution in [0.2, 0.25) is 0 Å². The molecule has 2 aromatic carbocycles. The van der Waals surface area contributed by atoms with Gasteiger partial charge in [0, 0.05) is 29.2 Å². The number of nitrogens with zero attached hydrogens (tertiary/aromatic N) is 1. The standard InChI is InChI=1S/C20H24N2O4S2/c1-14-12-22(13-15(2)26-14)28(24,25)19-9-4-6-16(10-19)20(23)21-17-7-5-8-18(11-17)27-3/h4-11,14-15H,12-13H2,1-3H3,(H,21,23)/t14-,15-/m1/s1. The summed E-state index contributed by atoms with van der Waals surface area (Å²) in [7, 11) is -3.70. The number of morpholine rings is 1. The third-order valence-corrected chi connectivity index (χ3v) is 7.00. The number of anilines is 1. The van der Waals surface area contributed by atoms with E-state index < -0.39 is 10.0 Å². The molecule has 150 valence electrons. The summed E-state index contributed by atoms with van der Waals surface area (Å²) in [4.78, 5) is 13.8. The van der Waals surface area contributed by atoms with Gasteiger partial charge in [0.15, 0.2) is 0 Å². The van der Waals surface area contributed by atoms with Crippen LogP contribution in [0.1, 0.15) is 24.2 Å². The van der Waals surface area contributed by atoms with E-state index in [0.29, 0.717) is 24.3 Å². The van der Waals surface area contributed by atoms with Crippen LogP contribution in [-0.4, -0.2) is 50.2 Å². The lowest BCUT2D eigenvalue weighted by Gasteiger charge is -2.34. The Morgan fingerprint density at radius 1 is 1.11 bits per heavy atom. The zero-order valence-corrected chi connectivity index (χ0v) is 17.7. The maximum atomic E-state index is 13.0. The van der Waals surface area contributed by atoms with E-state index in [1.807, 2.05) is 38.3 Å². The van der Waals surface area contributed by atoms with Crippen LogP contribution < -0.4 is 5.32 Å². The molecule has 1 amide bonds. The second-order valence-electron chi connectivity index (χ2n) is 6.79. The second-order valence-corrected chi connectivity index (χ2v) is 9.61. The first-order valence-electron chi connectivity index (χ1n) is 9.00. The van der Waals surface area contributed by atoms with Gasteiger partial charge in [0.25, 0.3) is 5.91 Å². The molecule has 8 heteroatoms. The van der Waals surface area contributed by atoms with E-state index in [4.69, 9.17) is 4.74 Å². The predicted molar refractivity (Wildman–Crippen MR) is 111 cm³/mol. The Morgan fingerprint density at radius 3 is 2.46 bits per heavy atom. The number of rotatable bonds is 5. The Hall–Kier alpha value is -1.87. The third kappa shape index (κ3) is 4.75. The van der Waals surface area contributed by atoms with Gasteiger partial charge in [-0.15, -0.1) is 11.8 Å². The van der Waals surface area contributed by atoms with Crippen LogP contribution in [0.3, 0.4) is 0 Å². The lowest BCUT2D eigenvalue weighted by atomic mass is 10.2. The monoisotopic (exact) mass is 420 g/mol. The third-order valence-electron chi connectivity index (χ3n) is 4.45. The van der Waals surface area contributed by atoms with Gasteiger partial charge in [0.05, 0.1) is 17.1 Å². The molecular weight excluding hydrogens is 396 g/mol. The van der Waals surface area contributed by atoms with Gasteiger partial charge in [-0.3, -0.25) is 4.79 Å². The molecule has 2 aromatic rings. The fourth-order valence-electron chi connectivity index (χ4n) is 3.18. The largest absolute Gasteiger partial charge is 0.373 e. The van der Waals surface area contributed by atoms with E-state index in [0.717, 1.165) is 4.90 Å². The summed E-state index contributed by atoms with van der Waals surface area (Å²) >= 11 is 1.58. The molecule has 0 spiro atoms. The first-order valence-corrected chi connectivity index (χ1v) is 11.7. The minimum Gasteiger partial charge on any atom is -0.373 e. The van der Waals surface area contributed by atoms with E-state index >= 15 is 0 Å². The minimum atomic E-state index is -3.70.